The number of ether oxygens (including phenoxy) is 1. The molecule has 0 fully saturated rings. The summed E-state index contributed by atoms with van der Waals surface area (Å²) in [6.07, 6.45) is 0. The molecule has 0 saturated carbocycles. The molecule has 2 N–H and O–H groups in total. The molecule has 2 aromatic rings. The fourth-order valence-electron chi connectivity index (χ4n) is 1.58. The quantitative estimate of drug-likeness (QED) is 0.634. The van der Waals surface area contributed by atoms with Crippen LogP contribution in [-0.2, 0) is 4.74 Å². The highest BCUT2D eigenvalue weighted by molar-refractivity contribution is 7.71. The van der Waals surface area contributed by atoms with Gasteiger partial charge in [-0.2, -0.15) is 0 Å². The average Bonchev–Trinajstić information content (AvgIpc) is 2.71. The lowest BCUT2D eigenvalue weighted by Gasteiger charge is -2.02. The van der Waals surface area contributed by atoms with Gasteiger partial charge in [0, 0.05) is 5.56 Å². The largest absolute Gasteiger partial charge is 0.464 e. The van der Waals surface area contributed by atoms with Gasteiger partial charge in [0.1, 0.15) is 0 Å². The molecule has 0 spiro atoms. The van der Waals surface area contributed by atoms with E-state index in [1.54, 1.807) is 0 Å². The lowest BCUT2D eigenvalue weighted by Crippen LogP contribution is -2.03. The number of esters is 1. The summed E-state index contributed by atoms with van der Waals surface area (Å²) in [5, 5.41) is 0. The second-order valence-electron chi connectivity index (χ2n) is 3.69. The minimum absolute atomic E-state index is 0.348. The van der Waals surface area contributed by atoms with Gasteiger partial charge in [0.2, 0.25) is 0 Å². The Hall–Kier alpha value is -1.88. The molecular weight excluding hydrogens is 236 g/mol. The van der Waals surface area contributed by atoms with Crippen molar-refractivity contribution in [1.29, 1.82) is 0 Å². The van der Waals surface area contributed by atoms with Crippen molar-refractivity contribution < 1.29 is 9.53 Å². The van der Waals surface area contributed by atoms with E-state index in [1.165, 1.54) is 7.11 Å². The molecule has 0 aliphatic carbocycles. The predicted molar refractivity (Wildman–Crippen MR) is 67.5 cm³/mol. The van der Waals surface area contributed by atoms with Crippen LogP contribution in [0, 0.1) is 11.7 Å². The summed E-state index contributed by atoms with van der Waals surface area (Å²) >= 11 is 4.99. The first-order chi connectivity index (χ1) is 8.11. The summed E-state index contributed by atoms with van der Waals surface area (Å²) in [4.78, 5) is 17.3. The van der Waals surface area contributed by atoms with Crippen molar-refractivity contribution in [2.24, 2.45) is 0 Å². The number of nitrogens with one attached hydrogen (secondary N) is 2. The summed E-state index contributed by atoms with van der Waals surface area (Å²) in [5.74, 6) is -0.437. The number of methoxy groups -OCH3 is 1. The van der Waals surface area contributed by atoms with Gasteiger partial charge in [0.25, 0.3) is 0 Å². The lowest BCUT2D eigenvalue weighted by molar-refractivity contribution is 0.0595. The fraction of sp³-hybridized carbons (Fsp3) is 0.167. The van der Waals surface area contributed by atoms with Gasteiger partial charge in [-0.05, 0) is 19.1 Å². The van der Waals surface area contributed by atoms with E-state index in [0.717, 1.165) is 11.1 Å². The van der Waals surface area contributed by atoms with Gasteiger partial charge in [-0.25, -0.2) is 4.79 Å². The number of carbonyl (C=O) groups excluding carboxylic acids is 1. The van der Waals surface area contributed by atoms with Crippen LogP contribution in [0.25, 0.3) is 11.3 Å². The molecule has 1 aromatic carbocycles. The highest BCUT2D eigenvalue weighted by Crippen LogP contribution is 2.21. The number of aromatic amines is 2. The van der Waals surface area contributed by atoms with Crippen LogP contribution in [0.15, 0.2) is 24.3 Å². The van der Waals surface area contributed by atoms with Crippen LogP contribution in [0.2, 0.25) is 0 Å². The van der Waals surface area contributed by atoms with Crippen LogP contribution in [-0.4, -0.2) is 23.0 Å². The number of carbonyl (C=O) groups is 1. The monoisotopic (exact) mass is 248 g/mol. The van der Waals surface area contributed by atoms with E-state index in [4.69, 9.17) is 17.0 Å². The van der Waals surface area contributed by atoms with Crippen molar-refractivity contribution in [1.82, 2.24) is 9.97 Å². The molecule has 0 atom stereocenters. The van der Waals surface area contributed by atoms with Crippen LogP contribution in [0.5, 0.6) is 0 Å². The van der Waals surface area contributed by atoms with Crippen molar-refractivity contribution in [3.8, 4) is 11.3 Å². The molecule has 5 heteroatoms. The van der Waals surface area contributed by atoms with Crippen LogP contribution < -0.4 is 0 Å². The first-order valence-electron chi connectivity index (χ1n) is 5.09. The first-order valence-corrected chi connectivity index (χ1v) is 5.50. The highest BCUT2D eigenvalue weighted by atomic mass is 32.1. The molecule has 0 aliphatic rings. The van der Waals surface area contributed by atoms with Crippen molar-refractivity contribution in [2.75, 3.05) is 7.11 Å². The Morgan fingerprint density at radius 2 is 1.88 bits per heavy atom. The number of aromatic nitrogens is 2. The van der Waals surface area contributed by atoms with Crippen molar-refractivity contribution >= 4 is 18.2 Å². The zero-order valence-corrected chi connectivity index (χ0v) is 10.4. The number of rotatable bonds is 2. The molecule has 0 unspecified atom stereocenters. The molecular formula is C12H12N2O2S. The average molecular weight is 248 g/mol. The van der Waals surface area contributed by atoms with Gasteiger partial charge in [0.05, 0.1) is 12.8 Å². The number of imidazole rings is 1. The molecule has 0 bridgehead atoms. The van der Waals surface area contributed by atoms with Gasteiger partial charge in [-0.3, -0.25) is 0 Å². The topological polar surface area (TPSA) is 57.9 Å². The molecule has 4 nitrogen and oxygen atoms in total. The van der Waals surface area contributed by atoms with E-state index in [9.17, 15) is 4.79 Å². The Balaban J connectivity index is 2.55. The van der Waals surface area contributed by atoms with Gasteiger partial charge in [0.15, 0.2) is 10.5 Å². The normalized spacial score (nSPS) is 10.2. The standard InChI is InChI=1S/C12H12N2O2S/c1-7-3-5-8(6-4-7)9-10(11(15)16-2)14-12(17)13-9/h3-6H,1-2H3,(H2,13,14,17). The molecule has 17 heavy (non-hydrogen) atoms. The predicted octanol–water partition coefficient (Wildman–Crippen LogP) is 2.83. The second-order valence-corrected chi connectivity index (χ2v) is 4.09. The highest BCUT2D eigenvalue weighted by Gasteiger charge is 2.15. The van der Waals surface area contributed by atoms with E-state index in [2.05, 4.69) is 9.97 Å². The van der Waals surface area contributed by atoms with E-state index < -0.39 is 5.97 Å². The van der Waals surface area contributed by atoms with Crippen molar-refractivity contribution in [2.45, 2.75) is 6.92 Å². The zero-order chi connectivity index (χ0) is 12.4. The molecule has 1 heterocycles. The summed E-state index contributed by atoms with van der Waals surface area (Å²) in [6.45, 7) is 2.00. The van der Waals surface area contributed by atoms with E-state index in [1.807, 2.05) is 31.2 Å². The maximum atomic E-state index is 11.6. The summed E-state index contributed by atoms with van der Waals surface area (Å²) < 4.78 is 5.10. The molecule has 0 radical (unpaired) electrons. The Bertz CT molecular complexity index is 596. The van der Waals surface area contributed by atoms with Gasteiger partial charge < -0.3 is 14.7 Å². The van der Waals surface area contributed by atoms with Crippen LogP contribution in [0.3, 0.4) is 0 Å². The zero-order valence-electron chi connectivity index (χ0n) is 9.53. The molecule has 0 amide bonds. The van der Waals surface area contributed by atoms with Gasteiger partial charge >= 0.3 is 5.97 Å². The third kappa shape index (κ3) is 2.29. The Labute approximate surface area is 104 Å². The van der Waals surface area contributed by atoms with Crippen LogP contribution >= 0.6 is 12.2 Å². The molecule has 2 rings (SSSR count). The van der Waals surface area contributed by atoms with E-state index >= 15 is 0 Å². The molecule has 0 aliphatic heterocycles. The number of benzene rings is 1. The first kappa shape index (κ1) is 11.6. The van der Waals surface area contributed by atoms with Gasteiger partial charge in [-0.15, -0.1) is 0 Å². The number of H-pyrrole nitrogens is 2. The van der Waals surface area contributed by atoms with E-state index in [-0.39, 0.29) is 0 Å². The molecule has 88 valence electrons. The maximum Gasteiger partial charge on any atom is 0.356 e. The third-order valence-corrected chi connectivity index (χ3v) is 2.66. The van der Waals surface area contributed by atoms with Crippen LogP contribution in [0.4, 0.5) is 0 Å². The Morgan fingerprint density at radius 3 is 2.47 bits per heavy atom. The smallest absolute Gasteiger partial charge is 0.356 e. The number of hydrogen-bond acceptors (Lipinski definition) is 3. The summed E-state index contributed by atoms with van der Waals surface area (Å²) in [6, 6.07) is 7.80. The maximum absolute atomic E-state index is 11.6. The lowest BCUT2D eigenvalue weighted by atomic mass is 10.1. The Morgan fingerprint density at radius 1 is 1.24 bits per heavy atom. The van der Waals surface area contributed by atoms with Gasteiger partial charge in [-0.1, -0.05) is 29.8 Å². The van der Waals surface area contributed by atoms with E-state index in [0.29, 0.717) is 16.2 Å². The number of hydrogen-bond donors (Lipinski definition) is 2. The third-order valence-electron chi connectivity index (χ3n) is 2.46. The molecule has 0 saturated heterocycles. The minimum Gasteiger partial charge on any atom is -0.464 e. The second kappa shape index (κ2) is 4.55. The minimum atomic E-state index is -0.437. The summed E-state index contributed by atoms with van der Waals surface area (Å²) in [5.41, 5.74) is 3.05. The fourth-order valence-corrected chi connectivity index (χ4v) is 1.78. The number of aryl methyl sites for hydroxylation is 1. The van der Waals surface area contributed by atoms with Crippen molar-refractivity contribution in [3.63, 3.8) is 0 Å². The Kier molecular flexibility index (Phi) is 3.10. The summed E-state index contributed by atoms with van der Waals surface area (Å²) in [7, 11) is 1.34. The molecule has 1 aromatic heterocycles. The SMILES string of the molecule is COC(=O)c1[nH]c(=S)[nH]c1-c1ccc(C)cc1. The van der Waals surface area contributed by atoms with Crippen LogP contribution in [0.1, 0.15) is 16.1 Å². The van der Waals surface area contributed by atoms with Crippen molar-refractivity contribution in [3.05, 3.63) is 40.3 Å².